The number of hydrogen-bond acceptors (Lipinski definition) is 4. The molecule has 1 rings (SSSR count). The maximum absolute atomic E-state index is 11.9. The predicted molar refractivity (Wildman–Crippen MR) is 72.8 cm³/mol. The third-order valence-electron chi connectivity index (χ3n) is 4.00. The Kier molecular flexibility index (Phi) is 6.28. The second kappa shape index (κ2) is 7.48. The molecule has 0 spiro atoms. The first-order valence-electron chi connectivity index (χ1n) is 7.19. The molecule has 0 bridgehead atoms. The van der Waals surface area contributed by atoms with Gasteiger partial charge >= 0.3 is 5.97 Å². The number of carbonyl (C=O) groups excluding carboxylic acids is 2. The molecule has 1 fully saturated rings. The van der Waals surface area contributed by atoms with Gasteiger partial charge in [0.1, 0.15) is 0 Å². The molecule has 19 heavy (non-hydrogen) atoms. The highest BCUT2D eigenvalue weighted by Crippen LogP contribution is 2.30. The molecule has 0 aromatic heterocycles. The summed E-state index contributed by atoms with van der Waals surface area (Å²) in [7, 11) is 0. The summed E-state index contributed by atoms with van der Waals surface area (Å²) < 4.78 is 0. The Hall–Kier alpha value is -1.10. The van der Waals surface area contributed by atoms with E-state index in [1.165, 1.54) is 19.3 Å². The van der Waals surface area contributed by atoms with E-state index < -0.39 is 11.9 Å². The smallest absolute Gasteiger partial charge is 0.335 e. The monoisotopic (exact) mass is 270 g/mol. The van der Waals surface area contributed by atoms with Crippen LogP contribution in [0.4, 0.5) is 0 Å². The highest BCUT2D eigenvalue weighted by atomic mass is 16.7. The second-order valence-electron chi connectivity index (χ2n) is 5.84. The van der Waals surface area contributed by atoms with Crippen molar-refractivity contribution in [2.24, 2.45) is 23.5 Å². The first-order chi connectivity index (χ1) is 8.93. The van der Waals surface area contributed by atoms with Gasteiger partial charge in [-0.3, -0.25) is 4.79 Å². The van der Waals surface area contributed by atoms with Crippen LogP contribution in [0.2, 0.25) is 0 Å². The molecule has 0 radical (unpaired) electrons. The summed E-state index contributed by atoms with van der Waals surface area (Å²) in [5, 5.41) is 0. The predicted octanol–water partition coefficient (Wildman–Crippen LogP) is 1.76. The quantitative estimate of drug-likeness (QED) is 0.763. The van der Waals surface area contributed by atoms with E-state index in [-0.39, 0.29) is 17.8 Å². The van der Waals surface area contributed by atoms with E-state index in [0.717, 1.165) is 12.8 Å². The van der Waals surface area contributed by atoms with E-state index in [9.17, 15) is 9.59 Å². The van der Waals surface area contributed by atoms with Crippen LogP contribution in [0.5, 0.6) is 0 Å². The van der Waals surface area contributed by atoms with Crippen LogP contribution >= 0.6 is 0 Å². The Morgan fingerprint density at radius 1 is 1.16 bits per heavy atom. The van der Waals surface area contributed by atoms with Crippen LogP contribution in [0.3, 0.4) is 0 Å². The molecule has 0 aliphatic heterocycles. The number of nitrogens with two attached hydrogens (primary N) is 1. The number of hydroxylamine groups is 1. The molecular formula is C14H26N2O3. The maximum Gasteiger partial charge on any atom is 0.335 e. The topological polar surface area (TPSA) is 81.4 Å². The van der Waals surface area contributed by atoms with E-state index in [1.54, 1.807) is 0 Å². The van der Waals surface area contributed by atoms with Crippen LogP contribution in [0.15, 0.2) is 0 Å². The average Bonchev–Trinajstić information content (AvgIpc) is 2.43. The highest BCUT2D eigenvalue weighted by molar-refractivity contribution is 5.82. The Balaban J connectivity index is 2.35. The molecule has 5 nitrogen and oxygen atoms in total. The van der Waals surface area contributed by atoms with Crippen molar-refractivity contribution in [2.45, 2.75) is 58.9 Å². The van der Waals surface area contributed by atoms with Crippen LogP contribution in [0.25, 0.3) is 0 Å². The summed E-state index contributed by atoms with van der Waals surface area (Å²) >= 11 is 0. The average molecular weight is 270 g/mol. The lowest BCUT2D eigenvalue weighted by Gasteiger charge is -2.26. The fourth-order valence-electron chi connectivity index (χ4n) is 2.39. The summed E-state index contributed by atoms with van der Waals surface area (Å²) in [6.45, 7) is 5.56. The van der Waals surface area contributed by atoms with Crippen LogP contribution < -0.4 is 11.2 Å². The molecule has 3 N–H and O–H groups in total. The third kappa shape index (κ3) is 4.82. The van der Waals surface area contributed by atoms with Crippen molar-refractivity contribution < 1.29 is 14.4 Å². The standard InChI is InChI=1S/C14H26N2O3/c1-9(2)12(15)13(17)16-19-14(18)10(3)11-7-5-4-6-8-11/h9-12H,4-8,15H2,1-3H3,(H,16,17)/t10-,12-/m1/s1. The minimum absolute atomic E-state index is 0.00877. The van der Waals surface area contributed by atoms with Crippen LogP contribution in [0, 0.1) is 17.8 Å². The van der Waals surface area contributed by atoms with Gasteiger partial charge in [-0.15, -0.1) is 0 Å². The van der Waals surface area contributed by atoms with Gasteiger partial charge in [0.25, 0.3) is 5.91 Å². The Morgan fingerprint density at radius 2 is 1.74 bits per heavy atom. The van der Waals surface area contributed by atoms with E-state index in [4.69, 9.17) is 10.6 Å². The lowest BCUT2D eigenvalue weighted by Crippen LogP contribution is -2.45. The van der Waals surface area contributed by atoms with Gasteiger partial charge in [0.05, 0.1) is 12.0 Å². The number of hydrogen-bond donors (Lipinski definition) is 2. The van der Waals surface area contributed by atoms with E-state index in [1.807, 2.05) is 20.8 Å². The summed E-state index contributed by atoms with van der Waals surface area (Å²) in [6, 6.07) is -0.655. The molecule has 1 aliphatic carbocycles. The Labute approximate surface area is 115 Å². The molecule has 1 amide bonds. The van der Waals surface area contributed by atoms with Gasteiger partial charge in [0.15, 0.2) is 0 Å². The maximum atomic E-state index is 11.9. The van der Waals surface area contributed by atoms with Crippen molar-refractivity contribution in [3.8, 4) is 0 Å². The SMILES string of the molecule is CC(C)[C@@H](N)C(=O)NOC(=O)[C@H](C)C1CCCCC1. The fourth-order valence-corrected chi connectivity index (χ4v) is 2.39. The molecule has 110 valence electrons. The minimum Gasteiger partial charge on any atom is -0.340 e. The van der Waals surface area contributed by atoms with Gasteiger partial charge in [0, 0.05) is 0 Å². The normalized spacial score (nSPS) is 19.8. The van der Waals surface area contributed by atoms with Crippen LogP contribution in [-0.4, -0.2) is 17.9 Å². The van der Waals surface area contributed by atoms with Crippen molar-refractivity contribution in [2.75, 3.05) is 0 Å². The minimum atomic E-state index is -0.655. The van der Waals surface area contributed by atoms with E-state index in [0.29, 0.717) is 5.92 Å². The molecule has 0 aromatic rings. The molecule has 0 heterocycles. The number of amides is 1. The second-order valence-corrected chi connectivity index (χ2v) is 5.84. The van der Waals surface area contributed by atoms with Crippen molar-refractivity contribution in [3.63, 3.8) is 0 Å². The number of rotatable bonds is 4. The van der Waals surface area contributed by atoms with E-state index >= 15 is 0 Å². The molecule has 0 saturated heterocycles. The van der Waals surface area contributed by atoms with Crippen molar-refractivity contribution >= 4 is 11.9 Å². The Bertz CT molecular complexity index is 312. The zero-order valence-corrected chi connectivity index (χ0v) is 12.1. The number of carbonyl (C=O) groups is 2. The third-order valence-corrected chi connectivity index (χ3v) is 4.00. The molecule has 0 aromatic carbocycles. The van der Waals surface area contributed by atoms with Crippen molar-refractivity contribution in [1.29, 1.82) is 0 Å². The summed E-state index contributed by atoms with van der Waals surface area (Å²) in [5.74, 6) is -0.599. The van der Waals surface area contributed by atoms with Gasteiger partial charge in [-0.1, -0.05) is 40.0 Å². The molecular weight excluding hydrogens is 244 g/mol. The van der Waals surface area contributed by atoms with E-state index in [2.05, 4.69) is 5.48 Å². The molecule has 1 aliphatic rings. The molecule has 2 atom stereocenters. The Morgan fingerprint density at radius 3 is 2.26 bits per heavy atom. The summed E-state index contributed by atoms with van der Waals surface area (Å²) in [4.78, 5) is 28.3. The lowest BCUT2D eigenvalue weighted by molar-refractivity contribution is -0.164. The summed E-state index contributed by atoms with van der Waals surface area (Å²) in [6.07, 6.45) is 5.73. The van der Waals surface area contributed by atoms with Gasteiger partial charge in [-0.25, -0.2) is 4.79 Å². The summed E-state index contributed by atoms with van der Waals surface area (Å²) in [5.41, 5.74) is 7.83. The largest absolute Gasteiger partial charge is 0.340 e. The van der Waals surface area contributed by atoms with Gasteiger partial charge in [-0.2, -0.15) is 5.48 Å². The van der Waals surface area contributed by atoms with Crippen molar-refractivity contribution in [3.05, 3.63) is 0 Å². The van der Waals surface area contributed by atoms with Gasteiger partial charge < -0.3 is 10.6 Å². The highest BCUT2D eigenvalue weighted by Gasteiger charge is 2.28. The zero-order chi connectivity index (χ0) is 14.4. The van der Waals surface area contributed by atoms with Crippen molar-refractivity contribution in [1.82, 2.24) is 5.48 Å². The fraction of sp³-hybridized carbons (Fsp3) is 0.857. The van der Waals surface area contributed by atoms with Gasteiger partial charge in [0.2, 0.25) is 0 Å². The first kappa shape index (κ1) is 16.0. The lowest BCUT2D eigenvalue weighted by atomic mass is 9.81. The van der Waals surface area contributed by atoms with Crippen LogP contribution in [0.1, 0.15) is 52.9 Å². The molecule has 0 unspecified atom stereocenters. The molecule has 5 heteroatoms. The first-order valence-corrected chi connectivity index (χ1v) is 7.19. The zero-order valence-electron chi connectivity index (χ0n) is 12.1. The number of nitrogens with one attached hydrogen (secondary N) is 1. The van der Waals surface area contributed by atoms with Crippen LogP contribution in [-0.2, 0) is 14.4 Å². The van der Waals surface area contributed by atoms with Gasteiger partial charge in [-0.05, 0) is 24.7 Å². The molecule has 1 saturated carbocycles.